The molecule has 132 valence electrons. The number of benzene rings is 1. The number of rotatable bonds is 7. The maximum atomic E-state index is 12.3. The van der Waals surface area contributed by atoms with Gasteiger partial charge < -0.3 is 11.1 Å². The highest BCUT2D eigenvalue weighted by Gasteiger charge is 2.10. The highest BCUT2D eigenvalue weighted by molar-refractivity contribution is 7.99. The molecule has 0 unspecified atom stereocenters. The molecule has 0 aliphatic carbocycles. The summed E-state index contributed by atoms with van der Waals surface area (Å²) >= 11 is 1.25. The van der Waals surface area contributed by atoms with Crippen LogP contribution in [0.5, 0.6) is 0 Å². The number of aryl methyl sites for hydroxylation is 1. The third-order valence-electron chi connectivity index (χ3n) is 3.27. The van der Waals surface area contributed by atoms with Crippen molar-refractivity contribution in [2.75, 3.05) is 16.8 Å². The predicted octanol–water partition coefficient (Wildman–Crippen LogP) is 3.33. The number of hydrogen-bond donors (Lipinski definition) is 2. The normalized spacial score (nSPS) is 10.7. The zero-order chi connectivity index (χ0) is 18.4. The first-order valence-corrected chi connectivity index (χ1v) is 8.99. The second kappa shape index (κ2) is 8.62. The van der Waals surface area contributed by atoms with Crippen LogP contribution in [0.25, 0.3) is 0 Å². The number of thioether (sulfide) groups is 1. The Bertz CT molecular complexity index is 740. The number of carbonyl (C=O) groups excluding carboxylic acids is 2. The lowest BCUT2D eigenvalue weighted by molar-refractivity contribution is -0.116. The molecule has 1 amide bonds. The Morgan fingerprint density at radius 1 is 1.20 bits per heavy atom. The molecule has 0 radical (unpaired) electrons. The number of nitrogen functional groups attached to an aromatic ring is 1. The lowest BCUT2D eigenvalue weighted by Crippen LogP contribution is -2.14. The fourth-order valence-corrected chi connectivity index (χ4v) is 2.97. The summed E-state index contributed by atoms with van der Waals surface area (Å²) in [5, 5.41) is 3.31. The van der Waals surface area contributed by atoms with Crippen molar-refractivity contribution < 1.29 is 9.59 Å². The molecule has 2 rings (SSSR count). The summed E-state index contributed by atoms with van der Waals surface area (Å²) in [6.07, 6.45) is 0.469. The SMILES string of the molecule is Cc1cc(N)nc(SCC(=O)c2ccc(NC(=O)CC(C)C)cc2)n1. The maximum Gasteiger partial charge on any atom is 0.224 e. The van der Waals surface area contributed by atoms with Crippen LogP contribution in [0, 0.1) is 12.8 Å². The number of nitrogens with one attached hydrogen (secondary N) is 1. The number of aromatic nitrogens is 2. The molecule has 7 heteroatoms. The molecule has 0 bridgehead atoms. The van der Waals surface area contributed by atoms with Gasteiger partial charge in [0.1, 0.15) is 5.82 Å². The lowest BCUT2D eigenvalue weighted by Gasteiger charge is -2.08. The predicted molar refractivity (Wildman–Crippen MR) is 101 cm³/mol. The second-order valence-corrected chi connectivity index (χ2v) is 7.09. The molecule has 0 atom stereocenters. The van der Waals surface area contributed by atoms with E-state index in [0.717, 1.165) is 5.69 Å². The number of Topliss-reactive ketones (excluding diaryl/α,β-unsaturated/α-hetero) is 1. The average molecular weight is 358 g/mol. The Kier molecular flexibility index (Phi) is 6.52. The first-order chi connectivity index (χ1) is 11.8. The van der Waals surface area contributed by atoms with Gasteiger partial charge in [-0.3, -0.25) is 9.59 Å². The zero-order valence-electron chi connectivity index (χ0n) is 14.6. The molecule has 0 saturated carbocycles. The van der Waals surface area contributed by atoms with E-state index in [-0.39, 0.29) is 17.4 Å². The van der Waals surface area contributed by atoms with E-state index >= 15 is 0 Å². The van der Waals surface area contributed by atoms with E-state index in [1.54, 1.807) is 30.3 Å². The highest BCUT2D eigenvalue weighted by atomic mass is 32.2. The van der Waals surface area contributed by atoms with Gasteiger partial charge >= 0.3 is 0 Å². The summed E-state index contributed by atoms with van der Waals surface area (Å²) < 4.78 is 0. The minimum absolute atomic E-state index is 0.0289. The quantitative estimate of drug-likeness (QED) is 0.447. The van der Waals surface area contributed by atoms with Crippen LogP contribution in [0.15, 0.2) is 35.5 Å². The Morgan fingerprint density at radius 2 is 1.88 bits per heavy atom. The van der Waals surface area contributed by atoms with Gasteiger partial charge in [-0.05, 0) is 37.1 Å². The largest absolute Gasteiger partial charge is 0.384 e. The Balaban J connectivity index is 1.92. The third kappa shape index (κ3) is 6.19. The van der Waals surface area contributed by atoms with Gasteiger partial charge in [0.2, 0.25) is 5.91 Å². The summed E-state index contributed by atoms with van der Waals surface area (Å²) in [5.41, 5.74) is 7.71. The Labute approximate surface area is 151 Å². The Morgan fingerprint density at radius 3 is 2.48 bits per heavy atom. The van der Waals surface area contributed by atoms with Crippen molar-refractivity contribution >= 4 is 35.0 Å². The topological polar surface area (TPSA) is 98.0 Å². The molecule has 0 aliphatic heterocycles. The molecular formula is C18H22N4O2S. The number of nitrogens with two attached hydrogens (primary N) is 1. The number of anilines is 2. The van der Waals surface area contributed by atoms with Crippen LogP contribution in [0.4, 0.5) is 11.5 Å². The molecule has 25 heavy (non-hydrogen) atoms. The first-order valence-electron chi connectivity index (χ1n) is 8.00. The molecule has 0 saturated heterocycles. The van der Waals surface area contributed by atoms with Crippen LogP contribution in [0.2, 0.25) is 0 Å². The summed E-state index contributed by atoms with van der Waals surface area (Å²) in [5.74, 6) is 0.856. The Hall–Kier alpha value is -2.41. The van der Waals surface area contributed by atoms with Crippen LogP contribution in [-0.4, -0.2) is 27.4 Å². The van der Waals surface area contributed by atoms with Gasteiger partial charge in [0.15, 0.2) is 10.9 Å². The summed E-state index contributed by atoms with van der Waals surface area (Å²) in [6.45, 7) is 5.81. The molecule has 1 heterocycles. The summed E-state index contributed by atoms with van der Waals surface area (Å²) in [6, 6.07) is 8.56. The molecule has 0 spiro atoms. The standard InChI is InChI=1S/C18H22N4O2S/c1-11(2)8-17(24)21-14-6-4-13(5-7-14)15(23)10-25-18-20-12(3)9-16(19)22-18/h4-7,9,11H,8,10H2,1-3H3,(H,21,24)(H2,19,20,22). The minimum atomic E-state index is -0.0336. The van der Waals surface area contributed by atoms with Crippen molar-refractivity contribution in [1.82, 2.24) is 9.97 Å². The smallest absolute Gasteiger partial charge is 0.224 e. The zero-order valence-corrected chi connectivity index (χ0v) is 15.4. The van der Waals surface area contributed by atoms with Gasteiger partial charge in [0, 0.05) is 29.4 Å². The average Bonchev–Trinajstić information content (AvgIpc) is 2.51. The second-order valence-electron chi connectivity index (χ2n) is 6.15. The molecule has 3 N–H and O–H groups in total. The van der Waals surface area contributed by atoms with E-state index in [4.69, 9.17) is 5.73 Å². The van der Waals surface area contributed by atoms with E-state index in [1.165, 1.54) is 11.8 Å². The van der Waals surface area contributed by atoms with Crippen molar-refractivity contribution in [2.45, 2.75) is 32.3 Å². The van der Waals surface area contributed by atoms with Gasteiger partial charge in [0.05, 0.1) is 5.75 Å². The molecule has 6 nitrogen and oxygen atoms in total. The van der Waals surface area contributed by atoms with E-state index < -0.39 is 0 Å². The van der Waals surface area contributed by atoms with Gasteiger partial charge in [-0.2, -0.15) is 0 Å². The van der Waals surface area contributed by atoms with E-state index in [2.05, 4.69) is 15.3 Å². The van der Waals surface area contributed by atoms with E-state index in [9.17, 15) is 9.59 Å². The lowest BCUT2D eigenvalue weighted by atomic mass is 10.1. The molecule has 2 aromatic rings. The maximum absolute atomic E-state index is 12.3. The molecular weight excluding hydrogens is 336 g/mol. The van der Waals surface area contributed by atoms with Crippen molar-refractivity contribution in [3.8, 4) is 0 Å². The van der Waals surface area contributed by atoms with Crippen LogP contribution in [0.1, 0.15) is 36.3 Å². The third-order valence-corrected chi connectivity index (χ3v) is 4.12. The van der Waals surface area contributed by atoms with Crippen molar-refractivity contribution in [3.05, 3.63) is 41.6 Å². The minimum Gasteiger partial charge on any atom is -0.384 e. The number of hydrogen-bond acceptors (Lipinski definition) is 6. The van der Waals surface area contributed by atoms with Gasteiger partial charge in [0.25, 0.3) is 0 Å². The highest BCUT2D eigenvalue weighted by Crippen LogP contribution is 2.18. The number of amides is 1. The monoisotopic (exact) mass is 358 g/mol. The van der Waals surface area contributed by atoms with Crippen LogP contribution in [0.3, 0.4) is 0 Å². The van der Waals surface area contributed by atoms with E-state index in [0.29, 0.717) is 34.6 Å². The van der Waals surface area contributed by atoms with Crippen molar-refractivity contribution in [3.63, 3.8) is 0 Å². The van der Waals surface area contributed by atoms with Crippen molar-refractivity contribution in [1.29, 1.82) is 0 Å². The van der Waals surface area contributed by atoms with E-state index in [1.807, 2.05) is 20.8 Å². The molecule has 1 aromatic carbocycles. The van der Waals surface area contributed by atoms with Crippen LogP contribution >= 0.6 is 11.8 Å². The fourth-order valence-electron chi connectivity index (χ4n) is 2.17. The number of carbonyl (C=O) groups is 2. The van der Waals surface area contributed by atoms with Gasteiger partial charge in [-0.25, -0.2) is 9.97 Å². The van der Waals surface area contributed by atoms with Crippen LogP contribution in [-0.2, 0) is 4.79 Å². The van der Waals surface area contributed by atoms with Crippen molar-refractivity contribution in [2.24, 2.45) is 5.92 Å². The fraction of sp³-hybridized carbons (Fsp3) is 0.333. The van der Waals surface area contributed by atoms with Gasteiger partial charge in [-0.1, -0.05) is 25.6 Å². The van der Waals surface area contributed by atoms with Gasteiger partial charge in [-0.15, -0.1) is 0 Å². The summed E-state index contributed by atoms with van der Waals surface area (Å²) in [4.78, 5) is 32.4. The molecule has 1 aromatic heterocycles. The molecule has 0 aliphatic rings. The van der Waals surface area contributed by atoms with Crippen LogP contribution < -0.4 is 11.1 Å². The first kappa shape index (κ1) is 18.9. The number of ketones is 1. The number of nitrogens with zero attached hydrogens (tertiary/aromatic N) is 2. The molecule has 0 fully saturated rings. The summed E-state index contributed by atoms with van der Waals surface area (Å²) in [7, 11) is 0.